The summed E-state index contributed by atoms with van der Waals surface area (Å²) in [5.41, 5.74) is 1.72. The number of nitrogens with one attached hydrogen (secondary N) is 1. The third-order valence-corrected chi connectivity index (χ3v) is 3.20. The van der Waals surface area contributed by atoms with Crippen LogP contribution in [0.25, 0.3) is 0 Å². The van der Waals surface area contributed by atoms with Gasteiger partial charge in [-0.1, -0.05) is 28.1 Å². The maximum absolute atomic E-state index is 13.5. The largest absolute Gasteiger partial charge is 0.489 e. The number of halogens is 2. The maximum Gasteiger partial charge on any atom is 0.129 e. The van der Waals surface area contributed by atoms with Crippen molar-refractivity contribution < 1.29 is 9.13 Å². The van der Waals surface area contributed by atoms with Crippen LogP contribution in [-0.4, -0.2) is 7.05 Å². The second kappa shape index (κ2) is 6.68. The van der Waals surface area contributed by atoms with Crippen LogP contribution in [0.2, 0.25) is 0 Å². The minimum Gasteiger partial charge on any atom is -0.489 e. The van der Waals surface area contributed by atoms with Gasteiger partial charge in [0.1, 0.15) is 18.2 Å². The zero-order chi connectivity index (χ0) is 13.7. The quantitative estimate of drug-likeness (QED) is 0.901. The lowest BCUT2D eigenvalue weighted by atomic mass is 10.2. The van der Waals surface area contributed by atoms with Crippen LogP contribution >= 0.6 is 15.9 Å². The molecule has 0 aliphatic carbocycles. The zero-order valence-electron chi connectivity index (χ0n) is 10.6. The van der Waals surface area contributed by atoms with Crippen molar-refractivity contribution in [1.82, 2.24) is 5.32 Å². The first-order valence-electron chi connectivity index (χ1n) is 5.99. The fourth-order valence-corrected chi connectivity index (χ4v) is 2.13. The topological polar surface area (TPSA) is 21.3 Å². The molecule has 0 aliphatic rings. The summed E-state index contributed by atoms with van der Waals surface area (Å²) in [4.78, 5) is 0. The summed E-state index contributed by atoms with van der Waals surface area (Å²) in [6.45, 7) is 1.04. The van der Waals surface area contributed by atoms with Gasteiger partial charge in [0.05, 0.1) is 0 Å². The molecule has 0 saturated heterocycles. The van der Waals surface area contributed by atoms with E-state index in [9.17, 15) is 4.39 Å². The highest BCUT2D eigenvalue weighted by atomic mass is 79.9. The van der Waals surface area contributed by atoms with Crippen molar-refractivity contribution in [3.05, 3.63) is 63.9 Å². The van der Waals surface area contributed by atoms with Crippen LogP contribution in [0.3, 0.4) is 0 Å². The number of rotatable bonds is 5. The van der Waals surface area contributed by atoms with Crippen molar-refractivity contribution in [1.29, 1.82) is 0 Å². The van der Waals surface area contributed by atoms with Crippen molar-refractivity contribution in [2.45, 2.75) is 13.2 Å². The molecule has 2 aromatic carbocycles. The number of hydrogen-bond acceptors (Lipinski definition) is 2. The Kier molecular flexibility index (Phi) is 4.93. The van der Waals surface area contributed by atoms with E-state index in [1.807, 2.05) is 31.3 Å². The van der Waals surface area contributed by atoms with E-state index in [1.165, 1.54) is 11.6 Å². The Balaban J connectivity index is 2.00. The summed E-state index contributed by atoms with van der Waals surface area (Å²) in [7, 11) is 1.90. The van der Waals surface area contributed by atoms with E-state index in [4.69, 9.17) is 4.74 Å². The molecule has 4 heteroatoms. The van der Waals surface area contributed by atoms with Crippen LogP contribution in [0.1, 0.15) is 11.1 Å². The Morgan fingerprint density at radius 2 is 1.89 bits per heavy atom. The summed E-state index contributed by atoms with van der Waals surface area (Å²) in [5, 5.41) is 3.08. The molecular weight excluding hydrogens is 309 g/mol. The minimum absolute atomic E-state index is 0.219. The molecule has 2 aromatic rings. The van der Waals surface area contributed by atoms with Gasteiger partial charge < -0.3 is 10.1 Å². The van der Waals surface area contributed by atoms with Gasteiger partial charge in [-0.3, -0.25) is 0 Å². The molecule has 0 atom stereocenters. The highest BCUT2D eigenvalue weighted by molar-refractivity contribution is 9.10. The Labute approximate surface area is 120 Å². The highest BCUT2D eigenvalue weighted by Crippen LogP contribution is 2.18. The molecule has 0 amide bonds. The molecule has 1 N–H and O–H groups in total. The van der Waals surface area contributed by atoms with Crippen LogP contribution < -0.4 is 10.1 Å². The molecule has 0 heterocycles. The summed E-state index contributed by atoms with van der Waals surface area (Å²) < 4.78 is 20.0. The predicted octanol–water partition coefficient (Wildman–Crippen LogP) is 3.89. The van der Waals surface area contributed by atoms with E-state index in [2.05, 4.69) is 21.2 Å². The lowest BCUT2D eigenvalue weighted by molar-refractivity contribution is 0.299. The van der Waals surface area contributed by atoms with Crippen LogP contribution in [-0.2, 0) is 13.2 Å². The number of hydrogen-bond donors (Lipinski definition) is 1. The lowest BCUT2D eigenvalue weighted by Crippen LogP contribution is -2.04. The van der Waals surface area contributed by atoms with Crippen LogP contribution in [0.5, 0.6) is 5.75 Å². The second-order valence-electron chi connectivity index (χ2n) is 4.20. The van der Waals surface area contributed by atoms with Gasteiger partial charge in [0.2, 0.25) is 0 Å². The molecule has 2 rings (SSSR count). The predicted molar refractivity (Wildman–Crippen MR) is 77.6 cm³/mol. The van der Waals surface area contributed by atoms with Gasteiger partial charge in [-0.25, -0.2) is 4.39 Å². The molecule has 0 bridgehead atoms. The monoisotopic (exact) mass is 323 g/mol. The first-order chi connectivity index (χ1) is 9.19. The van der Waals surface area contributed by atoms with E-state index in [0.29, 0.717) is 5.56 Å². The Morgan fingerprint density at radius 1 is 1.16 bits per heavy atom. The summed E-state index contributed by atoms with van der Waals surface area (Å²) in [6, 6.07) is 12.6. The molecule has 0 spiro atoms. The van der Waals surface area contributed by atoms with Gasteiger partial charge in [-0.2, -0.15) is 0 Å². The molecule has 0 saturated carbocycles. The molecule has 0 aromatic heterocycles. The molecule has 2 nitrogen and oxygen atoms in total. The van der Waals surface area contributed by atoms with Crippen LogP contribution in [0.4, 0.5) is 4.39 Å². The average molecular weight is 324 g/mol. The third kappa shape index (κ3) is 4.04. The molecular formula is C15H15BrFNO. The second-order valence-corrected chi connectivity index (χ2v) is 5.11. The maximum atomic E-state index is 13.5. The summed E-state index contributed by atoms with van der Waals surface area (Å²) in [6.07, 6.45) is 0. The fourth-order valence-electron chi connectivity index (χ4n) is 1.72. The molecule has 0 unspecified atom stereocenters. The third-order valence-electron chi connectivity index (χ3n) is 2.71. The summed E-state index contributed by atoms with van der Waals surface area (Å²) >= 11 is 3.32. The molecule has 0 aliphatic heterocycles. The van der Waals surface area contributed by atoms with E-state index in [-0.39, 0.29) is 12.4 Å². The first kappa shape index (κ1) is 14.0. The zero-order valence-corrected chi connectivity index (χ0v) is 12.2. The van der Waals surface area contributed by atoms with Crippen molar-refractivity contribution >= 4 is 15.9 Å². The van der Waals surface area contributed by atoms with Gasteiger partial charge in [0.15, 0.2) is 0 Å². The van der Waals surface area contributed by atoms with E-state index in [0.717, 1.165) is 16.8 Å². The van der Waals surface area contributed by atoms with Gasteiger partial charge in [0.25, 0.3) is 0 Å². The summed E-state index contributed by atoms with van der Waals surface area (Å²) in [5.74, 6) is 0.481. The highest BCUT2D eigenvalue weighted by Gasteiger charge is 2.04. The van der Waals surface area contributed by atoms with E-state index < -0.39 is 0 Å². The van der Waals surface area contributed by atoms with Gasteiger partial charge in [-0.05, 0) is 42.9 Å². The molecule has 0 fully saturated rings. The fraction of sp³-hybridized carbons (Fsp3) is 0.200. The van der Waals surface area contributed by atoms with Gasteiger partial charge >= 0.3 is 0 Å². The Bertz CT molecular complexity index is 542. The van der Waals surface area contributed by atoms with Crippen LogP contribution in [0, 0.1) is 5.82 Å². The smallest absolute Gasteiger partial charge is 0.129 e. The van der Waals surface area contributed by atoms with Gasteiger partial charge in [-0.15, -0.1) is 0 Å². The molecule has 19 heavy (non-hydrogen) atoms. The van der Waals surface area contributed by atoms with Gasteiger partial charge in [0, 0.05) is 16.6 Å². The average Bonchev–Trinajstić information content (AvgIpc) is 2.42. The van der Waals surface area contributed by atoms with E-state index >= 15 is 0 Å². The Morgan fingerprint density at radius 3 is 2.58 bits per heavy atom. The standard InChI is InChI=1S/C15H15BrFNO/c1-18-9-11-2-5-14(6-3-11)19-10-12-8-13(16)4-7-15(12)17/h2-8,18H,9-10H2,1H3. The molecule has 0 radical (unpaired) electrons. The van der Waals surface area contributed by atoms with Crippen molar-refractivity contribution in [3.8, 4) is 5.75 Å². The van der Waals surface area contributed by atoms with Crippen molar-refractivity contribution in [2.75, 3.05) is 7.05 Å². The number of benzene rings is 2. The van der Waals surface area contributed by atoms with Crippen molar-refractivity contribution in [3.63, 3.8) is 0 Å². The normalized spacial score (nSPS) is 10.5. The SMILES string of the molecule is CNCc1ccc(OCc2cc(Br)ccc2F)cc1. The van der Waals surface area contributed by atoms with E-state index in [1.54, 1.807) is 12.1 Å². The molecule has 100 valence electrons. The Hall–Kier alpha value is -1.39. The lowest BCUT2D eigenvalue weighted by Gasteiger charge is -2.08. The minimum atomic E-state index is -0.255. The van der Waals surface area contributed by atoms with Crippen LogP contribution in [0.15, 0.2) is 46.9 Å². The van der Waals surface area contributed by atoms with Crippen molar-refractivity contribution in [2.24, 2.45) is 0 Å². The number of ether oxygens (including phenoxy) is 1. The first-order valence-corrected chi connectivity index (χ1v) is 6.78.